The van der Waals surface area contributed by atoms with E-state index in [9.17, 15) is 4.79 Å². The van der Waals surface area contributed by atoms with Crippen LogP contribution in [0.4, 0.5) is 0 Å². The van der Waals surface area contributed by atoms with E-state index in [-0.39, 0.29) is 5.91 Å². The van der Waals surface area contributed by atoms with Gasteiger partial charge in [0.05, 0.1) is 12.7 Å². The van der Waals surface area contributed by atoms with Crippen LogP contribution in [0.25, 0.3) is 0 Å². The molecular weight excluding hydrogens is 244 g/mol. The molecule has 1 heterocycles. The Balaban J connectivity index is 1.65. The number of aromatic nitrogens is 1. The molecule has 1 fully saturated rings. The van der Waals surface area contributed by atoms with Crippen molar-refractivity contribution in [2.24, 2.45) is 5.92 Å². The van der Waals surface area contributed by atoms with Crippen LogP contribution in [-0.4, -0.2) is 30.3 Å². The van der Waals surface area contributed by atoms with Gasteiger partial charge in [-0.25, -0.2) is 0 Å². The summed E-state index contributed by atoms with van der Waals surface area (Å²) in [6.45, 7) is 5.06. The standard InChI is InChI=1S/C14H22N2O3/c1-10-5-3-4-6-13(10)18-8-7-15-14(17)12-9-11(2)19-16-12/h9-10,13H,3-8H2,1-2H3,(H,15,17)/t10-,13-/m1/s1. The normalized spacial score (nSPS) is 23.3. The van der Waals surface area contributed by atoms with Crippen LogP contribution in [0.2, 0.25) is 0 Å². The third-order valence-corrected chi connectivity index (χ3v) is 3.61. The first-order valence-corrected chi connectivity index (χ1v) is 7.00. The van der Waals surface area contributed by atoms with Gasteiger partial charge in [-0.1, -0.05) is 24.9 Å². The fraction of sp³-hybridized carbons (Fsp3) is 0.714. The summed E-state index contributed by atoms with van der Waals surface area (Å²) < 4.78 is 10.7. The largest absolute Gasteiger partial charge is 0.376 e. The van der Waals surface area contributed by atoms with Crippen molar-refractivity contribution >= 4 is 5.91 Å². The molecule has 0 aliphatic heterocycles. The van der Waals surface area contributed by atoms with Gasteiger partial charge in [-0.2, -0.15) is 0 Å². The van der Waals surface area contributed by atoms with Crippen molar-refractivity contribution in [1.29, 1.82) is 0 Å². The third-order valence-electron chi connectivity index (χ3n) is 3.61. The third kappa shape index (κ3) is 4.06. The van der Waals surface area contributed by atoms with Crippen LogP contribution in [0, 0.1) is 12.8 Å². The summed E-state index contributed by atoms with van der Waals surface area (Å²) in [4.78, 5) is 11.7. The Morgan fingerprint density at radius 1 is 1.53 bits per heavy atom. The Labute approximate surface area is 113 Å². The van der Waals surface area contributed by atoms with Gasteiger partial charge in [0.25, 0.3) is 5.91 Å². The molecule has 2 rings (SSSR count). The maximum atomic E-state index is 11.7. The molecular formula is C14H22N2O3. The smallest absolute Gasteiger partial charge is 0.273 e. The van der Waals surface area contributed by atoms with Crippen LogP contribution in [-0.2, 0) is 4.74 Å². The molecule has 1 aliphatic rings. The average Bonchev–Trinajstić information content (AvgIpc) is 2.83. The summed E-state index contributed by atoms with van der Waals surface area (Å²) >= 11 is 0. The van der Waals surface area contributed by atoms with Gasteiger partial charge in [-0.3, -0.25) is 4.79 Å². The summed E-state index contributed by atoms with van der Waals surface area (Å²) in [6.07, 6.45) is 5.29. The Morgan fingerprint density at radius 2 is 2.32 bits per heavy atom. The summed E-state index contributed by atoms with van der Waals surface area (Å²) in [5.74, 6) is 1.05. The number of amides is 1. The summed E-state index contributed by atoms with van der Waals surface area (Å²) in [7, 11) is 0. The van der Waals surface area contributed by atoms with E-state index < -0.39 is 0 Å². The minimum Gasteiger partial charge on any atom is -0.376 e. The van der Waals surface area contributed by atoms with E-state index in [1.165, 1.54) is 19.3 Å². The molecule has 0 spiro atoms. The summed E-state index contributed by atoms with van der Waals surface area (Å²) in [5, 5.41) is 6.45. The molecule has 0 unspecified atom stereocenters. The number of rotatable bonds is 5. The number of nitrogens with zero attached hydrogens (tertiary/aromatic N) is 1. The maximum absolute atomic E-state index is 11.7. The highest BCUT2D eigenvalue weighted by molar-refractivity contribution is 5.92. The molecule has 0 radical (unpaired) electrons. The molecule has 1 aromatic rings. The van der Waals surface area contributed by atoms with Gasteiger partial charge in [0.15, 0.2) is 5.69 Å². The number of carbonyl (C=O) groups is 1. The molecule has 1 aromatic heterocycles. The Morgan fingerprint density at radius 3 is 3.00 bits per heavy atom. The molecule has 1 saturated carbocycles. The van der Waals surface area contributed by atoms with Crippen molar-refractivity contribution in [2.75, 3.05) is 13.2 Å². The zero-order valence-corrected chi connectivity index (χ0v) is 11.6. The van der Waals surface area contributed by atoms with Gasteiger partial charge in [0.1, 0.15) is 5.76 Å². The number of aryl methyl sites for hydroxylation is 1. The molecule has 106 valence electrons. The monoisotopic (exact) mass is 266 g/mol. The average molecular weight is 266 g/mol. The van der Waals surface area contributed by atoms with Crippen LogP contribution in [0.1, 0.15) is 48.9 Å². The van der Waals surface area contributed by atoms with Crippen LogP contribution in [0.3, 0.4) is 0 Å². The number of hydrogen-bond acceptors (Lipinski definition) is 4. The second-order valence-corrected chi connectivity index (χ2v) is 5.25. The first-order valence-electron chi connectivity index (χ1n) is 7.00. The highest BCUT2D eigenvalue weighted by Gasteiger charge is 2.21. The van der Waals surface area contributed by atoms with Gasteiger partial charge in [0.2, 0.25) is 0 Å². The minimum absolute atomic E-state index is 0.211. The molecule has 5 nitrogen and oxygen atoms in total. The van der Waals surface area contributed by atoms with Gasteiger partial charge >= 0.3 is 0 Å². The van der Waals surface area contributed by atoms with E-state index in [2.05, 4.69) is 17.4 Å². The van der Waals surface area contributed by atoms with E-state index in [0.29, 0.717) is 36.6 Å². The van der Waals surface area contributed by atoms with E-state index in [4.69, 9.17) is 9.26 Å². The highest BCUT2D eigenvalue weighted by Crippen LogP contribution is 2.25. The Hall–Kier alpha value is -1.36. The highest BCUT2D eigenvalue weighted by atomic mass is 16.5. The van der Waals surface area contributed by atoms with Crippen molar-refractivity contribution < 1.29 is 14.1 Å². The van der Waals surface area contributed by atoms with E-state index >= 15 is 0 Å². The van der Waals surface area contributed by atoms with E-state index in [1.54, 1.807) is 13.0 Å². The lowest BCUT2D eigenvalue weighted by atomic mass is 9.88. The lowest BCUT2D eigenvalue weighted by molar-refractivity contribution is -0.00296. The number of carbonyl (C=O) groups excluding carboxylic acids is 1. The summed E-state index contributed by atoms with van der Waals surface area (Å²) in [5.41, 5.74) is 0.323. The second-order valence-electron chi connectivity index (χ2n) is 5.25. The Kier molecular flexibility index (Phi) is 4.96. The van der Waals surface area contributed by atoms with E-state index in [0.717, 1.165) is 6.42 Å². The van der Waals surface area contributed by atoms with Crippen molar-refractivity contribution in [1.82, 2.24) is 10.5 Å². The van der Waals surface area contributed by atoms with Crippen molar-refractivity contribution in [3.05, 3.63) is 17.5 Å². The van der Waals surface area contributed by atoms with Gasteiger partial charge < -0.3 is 14.6 Å². The first kappa shape index (κ1) is 14.1. The van der Waals surface area contributed by atoms with Gasteiger partial charge in [0, 0.05) is 12.6 Å². The maximum Gasteiger partial charge on any atom is 0.273 e. The van der Waals surface area contributed by atoms with E-state index in [1.807, 2.05) is 0 Å². The predicted molar refractivity (Wildman–Crippen MR) is 70.9 cm³/mol. The van der Waals surface area contributed by atoms with Gasteiger partial charge in [-0.05, 0) is 25.7 Å². The van der Waals surface area contributed by atoms with Gasteiger partial charge in [-0.15, -0.1) is 0 Å². The molecule has 0 aromatic carbocycles. The number of hydrogen-bond donors (Lipinski definition) is 1. The van der Waals surface area contributed by atoms with Crippen LogP contribution in [0.15, 0.2) is 10.6 Å². The molecule has 19 heavy (non-hydrogen) atoms. The number of nitrogens with one attached hydrogen (secondary N) is 1. The molecule has 1 amide bonds. The van der Waals surface area contributed by atoms with Crippen LogP contribution in [0.5, 0.6) is 0 Å². The second kappa shape index (κ2) is 6.70. The first-order chi connectivity index (χ1) is 9.16. The molecule has 0 bridgehead atoms. The van der Waals surface area contributed by atoms with Crippen LogP contribution >= 0.6 is 0 Å². The predicted octanol–water partition coefficient (Wildman–Crippen LogP) is 2.31. The number of ether oxygens (including phenoxy) is 1. The fourth-order valence-electron chi connectivity index (χ4n) is 2.47. The minimum atomic E-state index is -0.211. The fourth-order valence-corrected chi connectivity index (χ4v) is 2.47. The molecule has 5 heteroatoms. The zero-order valence-electron chi connectivity index (χ0n) is 11.6. The topological polar surface area (TPSA) is 64.4 Å². The van der Waals surface area contributed by atoms with Crippen molar-refractivity contribution in [2.45, 2.75) is 45.6 Å². The quantitative estimate of drug-likeness (QED) is 0.831. The summed E-state index contributed by atoms with van der Waals surface area (Å²) in [6, 6.07) is 1.62. The molecule has 2 atom stereocenters. The zero-order chi connectivity index (χ0) is 13.7. The van der Waals surface area contributed by atoms with Crippen molar-refractivity contribution in [3.8, 4) is 0 Å². The lowest BCUT2D eigenvalue weighted by Crippen LogP contribution is -2.31. The Bertz CT molecular complexity index is 417. The molecule has 1 aliphatic carbocycles. The van der Waals surface area contributed by atoms with Crippen molar-refractivity contribution in [3.63, 3.8) is 0 Å². The molecule has 0 saturated heterocycles. The lowest BCUT2D eigenvalue weighted by Gasteiger charge is -2.28. The van der Waals surface area contributed by atoms with Crippen LogP contribution < -0.4 is 5.32 Å². The molecule has 1 N–H and O–H groups in total. The SMILES string of the molecule is Cc1cc(C(=O)NCCO[C@@H]2CCCC[C@H]2C)no1.